The van der Waals surface area contributed by atoms with Crippen molar-refractivity contribution < 1.29 is 5.11 Å². The van der Waals surface area contributed by atoms with Gasteiger partial charge in [0.2, 0.25) is 4.77 Å². The highest BCUT2D eigenvalue weighted by molar-refractivity contribution is 7.71. The van der Waals surface area contributed by atoms with Crippen molar-refractivity contribution in [3.8, 4) is 17.1 Å². The number of aliphatic hydroxyl groups is 1. The average molecular weight is 415 g/mol. The molecule has 0 bridgehead atoms. The molecule has 1 aromatic heterocycles. The van der Waals surface area contributed by atoms with Crippen LogP contribution in [-0.2, 0) is 6.67 Å². The molecule has 1 saturated heterocycles. The van der Waals surface area contributed by atoms with Crippen molar-refractivity contribution in [1.29, 1.82) is 0 Å². The van der Waals surface area contributed by atoms with E-state index < -0.39 is 0 Å². The quantitative estimate of drug-likeness (QED) is 0.641. The van der Waals surface area contributed by atoms with E-state index in [1.54, 1.807) is 0 Å². The van der Waals surface area contributed by atoms with E-state index in [1.165, 1.54) is 5.56 Å². The Balaban J connectivity index is 1.78. The smallest absolute Gasteiger partial charge is 0.204 e. The SMILES string of the molecule is Cc1ccc(-c2nn(CN3CCC[C@@H](O)C3)c(=S)n2-c2ccc(Cl)cc2)cc1. The summed E-state index contributed by atoms with van der Waals surface area (Å²) in [5, 5.41) is 15.5. The van der Waals surface area contributed by atoms with Gasteiger partial charge in [-0.3, -0.25) is 9.47 Å². The Hall–Kier alpha value is -1.99. The molecule has 2 aromatic carbocycles. The van der Waals surface area contributed by atoms with Gasteiger partial charge >= 0.3 is 0 Å². The molecule has 4 rings (SSSR count). The van der Waals surface area contributed by atoms with E-state index in [1.807, 2.05) is 33.5 Å². The van der Waals surface area contributed by atoms with Crippen molar-refractivity contribution in [2.24, 2.45) is 0 Å². The summed E-state index contributed by atoms with van der Waals surface area (Å²) in [6.45, 7) is 4.22. The topological polar surface area (TPSA) is 46.2 Å². The first kappa shape index (κ1) is 19.3. The van der Waals surface area contributed by atoms with Crippen LogP contribution in [0.3, 0.4) is 0 Å². The van der Waals surface area contributed by atoms with E-state index in [0.717, 1.165) is 36.5 Å². The number of halogens is 1. The normalized spacial score (nSPS) is 17.8. The average Bonchev–Trinajstić information content (AvgIpc) is 2.99. The highest BCUT2D eigenvalue weighted by atomic mass is 35.5. The van der Waals surface area contributed by atoms with Crippen molar-refractivity contribution in [2.45, 2.75) is 32.5 Å². The Labute approximate surface area is 174 Å². The highest BCUT2D eigenvalue weighted by Gasteiger charge is 2.20. The fourth-order valence-corrected chi connectivity index (χ4v) is 3.98. The monoisotopic (exact) mass is 414 g/mol. The summed E-state index contributed by atoms with van der Waals surface area (Å²) >= 11 is 11.9. The molecule has 0 radical (unpaired) electrons. The number of aliphatic hydroxyl groups excluding tert-OH is 1. The third-order valence-corrected chi connectivity index (χ3v) is 5.69. The number of benzene rings is 2. The van der Waals surface area contributed by atoms with Gasteiger partial charge in [0.25, 0.3) is 0 Å². The van der Waals surface area contributed by atoms with Gasteiger partial charge < -0.3 is 5.11 Å². The van der Waals surface area contributed by atoms with Crippen molar-refractivity contribution in [3.63, 3.8) is 0 Å². The van der Waals surface area contributed by atoms with E-state index in [9.17, 15) is 5.11 Å². The molecular weight excluding hydrogens is 392 g/mol. The fraction of sp³-hybridized carbons (Fsp3) is 0.333. The summed E-state index contributed by atoms with van der Waals surface area (Å²) in [4.78, 5) is 2.20. The molecule has 1 atom stereocenters. The molecule has 146 valence electrons. The maximum atomic E-state index is 9.98. The maximum absolute atomic E-state index is 9.98. The summed E-state index contributed by atoms with van der Waals surface area (Å²) in [5.74, 6) is 0.796. The van der Waals surface area contributed by atoms with Crippen molar-refractivity contribution in [3.05, 3.63) is 63.9 Å². The first-order chi connectivity index (χ1) is 13.5. The fourth-order valence-electron chi connectivity index (χ4n) is 3.56. The second-order valence-corrected chi connectivity index (χ2v) is 8.10. The molecule has 1 aliphatic heterocycles. The van der Waals surface area contributed by atoms with Crippen LogP contribution in [0.25, 0.3) is 17.1 Å². The van der Waals surface area contributed by atoms with Crippen LogP contribution in [0.1, 0.15) is 18.4 Å². The van der Waals surface area contributed by atoms with Gasteiger partial charge in [-0.25, -0.2) is 4.68 Å². The number of nitrogens with zero attached hydrogens (tertiary/aromatic N) is 4. The minimum Gasteiger partial charge on any atom is -0.392 e. The van der Waals surface area contributed by atoms with Crippen LogP contribution in [0.5, 0.6) is 0 Å². The van der Waals surface area contributed by atoms with Gasteiger partial charge in [0.1, 0.15) is 0 Å². The second kappa shape index (κ2) is 8.17. The van der Waals surface area contributed by atoms with Gasteiger partial charge in [-0.2, -0.15) is 0 Å². The molecule has 0 aliphatic carbocycles. The number of rotatable bonds is 4. The lowest BCUT2D eigenvalue weighted by Gasteiger charge is -2.29. The molecule has 1 aliphatic rings. The first-order valence-corrected chi connectivity index (χ1v) is 10.2. The van der Waals surface area contributed by atoms with E-state index in [-0.39, 0.29) is 6.10 Å². The van der Waals surface area contributed by atoms with Gasteiger partial charge in [-0.1, -0.05) is 41.4 Å². The van der Waals surface area contributed by atoms with Crippen LogP contribution in [0, 0.1) is 11.7 Å². The summed E-state index contributed by atoms with van der Waals surface area (Å²) in [6, 6.07) is 15.9. The molecule has 5 nitrogen and oxygen atoms in total. The lowest BCUT2D eigenvalue weighted by molar-refractivity contribution is 0.0513. The predicted octanol–water partition coefficient (Wildman–Crippen LogP) is 4.45. The number of hydrogen-bond donors (Lipinski definition) is 1. The van der Waals surface area contributed by atoms with E-state index in [4.69, 9.17) is 28.9 Å². The number of β-amino-alcohol motifs (C(OH)–C–C–N with tert-alkyl or cyclic N) is 1. The van der Waals surface area contributed by atoms with Crippen molar-refractivity contribution in [2.75, 3.05) is 13.1 Å². The van der Waals surface area contributed by atoms with Crippen molar-refractivity contribution >= 4 is 23.8 Å². The molecule has 1 N–H and O–H groups in total. The predicted molar refractivity (Wildman–Crippen MR) is 114 cm³/mol. The van der Waals surface area contributed by atoms with Crippen molar-refractivity contribution in [1.82, 2.24) is 19.2 Å². The molecule has 1 fully saturated rings. The molecule has 2 heterocycles. The number of piperidine rings is 1. The van der Waals surface area contributed by atoms with Crippen LogP contribution < -0.4 is 0 Å². The Morgan fingerprint density at radius 1 is 1.14 bits per heavy atom. The molecule has 0 amide bonds. The highest BCUT2D eigenvalue weighted by Crippen LogP contribution is 2.24. The Morgan fingerprint density at radius 2 is 1.86 bits per heavy atom. The van der Waals surface area contributed by atoms with Crippen LogP contribution in [0.15, 0.2) is 48.5 Å². The largest absolute Gasteiger partial charge is 0.392 e. The van der Waals surface area contributed by atoms with Gasteiger partial charge in [-0.05, 0) is 56.2 Å². The van der Waals surface area contributed by atoms with Gasteiger partial charge in [0.15, 0.2) is 5.82 Å². The standard InChI is InChI=1S/C21H23ClN4OS/c1-15-4-6-16(7-5-15)20-23-25(14-24-12-2-3-19(27)13-24)21(28)26(20)18-10-8-17(22)9-11-18/h4-11,19,27H,2-3,12-14H2,1H3/t19-/m1/s1. The zero-order valence-corrected chi connectivity index (χ0v) is 17.3. The zero-order chi connectivity index (χ0) is 19.7. The molecule has 0 saturated carbocycles. The second-order valence-electron chi connectivity index (χ2n) is 7.30. The Bertz CT molecular complexity index is 1010. The first-order valence-electron chi connectivity index (χ1n) is 9.44. The molecule has 7 heteroatoms. The van der Waals surface area contributed by atoms with E-state index in [0.29, 0.717) is 23.0 Å². The Kier molecular flexibility index (Phi) is 5.64. The minimum absolute atomic E-state index is 0.280. The van der Waals surface area contributed by atoms with Crippen LogP contribution >= 0.6 is 23.8 Å². The lowest BCUT2D eigenvalue weighted by atomic mass is 10.1. The van der Waals surface area contributed by atoms with E-state index in [2.05, 4.69) is 36.1 Å². The molecular formula is C21H23ClN4OS. The number of aryl methyl sites for hydroxylation is 1. The van der Waals surface area contributed by atoms with Gasteiger partial charge in [0, 0.05) is 23.7 Å². The summed E-state index contributed by atoms with van der Waals surface area (Å²) in [7, 11) is 0. The summed E-state index contributed by atoms with van der Waals surface area (Å²) in [5.41, 5.74) is 3.13. The minimum atomic E-state index is -0.280. The Morgan fingerprint density at radius 3 is 2.54 bits per heavy atom. The van der Waals surface area contributed by atoms with Crippen LogP contribution in [0.2, 0.25) is 5.02 Å². The van der Waals surface area contributed by atoms with Gasteiger partial charge in [0.05, 0.1) is 18.5 Å². The maximum Gasteiger partial charge on any atom is 0.204 e. The lowest BCUT2D eigenvalue weighted by Crippen LogP contribution is -2.39. The van der Waals surface area contributed by atoms with Crippen LogP contribution in [-0.4, -0.2) is 43.5 Å². The van der Waals surface area contributed by atoms with Crippen LogP contribution in [0.4, 0.5) is 0 Å². The molecule has 28 heavy (non-hydrogen) atoms. The summed E-state index contributed by atoms with van der Waals surface area (Å²) in [6.07, 6.45) is 1.56. The molecule has 0 spiro atoms. The van der Waals surface area contributed by atoms with Gasteiger partial charge in [-0.15, -0.1) is 5.10 Å². The number of aromatic nitrogens is 3. The zero-order valence-electron chi connectivity index (χ0n) is 15.8. The third-order valence-electron chi connectivity index (χ3n) is 5.05. The molecule has 3 aromatic rings. The third kappa shape index (κ3) is 4.05. The summed E-state index contributed by atoms with van der Waals surface area (Å²) < 4.78 is 4.45. The molecule has 0 unspecified atom stereocenters. The number of likely N-dealkylation sites (tertiary alicyclic amines) is 1. The number of hydrogen-bond acceptors (Lipinski definition) is 4. The van der Waals surface area contributed by atoms with E-state index >= 15 is 0 Å².